The van der Waals surface area contributed by atoms with Crippen LogP contribution in [-0.4, -0.2) is 26.4 Å². The van der Waals surface area contributed by atoms with Crippen molar-refractivity contribution in [1.29, 1.82) is 5.26 Å². The quantitative estimate of drug-likeness (QED) is 0.506. The van der Waals surface area contributed by atoms with Crippen molar-refractivity contribution in [2.75, 3.05) is 0 Å². The standard InChI is InChI=1S/C14H9N3O5/c15-6-7-3-1-2-4-9(7)16-17-11-8(14(21)22)5-10(18)12(19)13(11)20/h1-5,18-20H,(H,21,22)/b17-16+. The third kappa shape index (κ3) is 2.64. The summed E-state index contributed by atoms with van der Waals surface area (Å²) in [6, 6.07) is 8.79. The number of rotatable bonds is 3. The number of hydrogen-bond donors (Lipinski definition) is 4. The van der Waals surface area contributed by atoms with Crippen LogP contribution in [0.2, 0.25) is 0 Å². The van der Waals surface area contributed by atoms with E-state index in [0.717, 1.165) is 6.07 Å². The number of phenols is 3. The molecule has 8 nitrogen and oxygen atoms in total. The molecular weight excluding hydrogens is 290 g/mol. The Labute approximate surface area is 123 Å². The number of benzene rings is 2. The normalized spacial score (nSPS) is 10.5. The van der Waals surface area contributed by atoms with E-state index in [1.54, 1.807) is 12.1 Å². The first kappa shape index (κ1) is 14.8. The molecule has 0 atom stereocenters. The summed E-state index contributed by atoms with van der Waals surface area (Å²) in [7, 11) is 0. The van der Waals surface area contributed by atoms with Gasteiger partial charge in [-0.05, 0) is 12.1 Å². The number of carboxylic acid groups (broad SMARTS) is 1. The molecule has 0 spiro atoms. The molecule has 2 aromatic rings. The third-order valence-electron chi connectivity index (χ3n) is 2.74. The van der Waals surface area contributed by atoms with Crippen LogP contribution in [0.4, 0.5) is 11.4 Å². The van der Waals surface area contributed by atoms with E-state index < -0.39 is 34.5 Å². The zero-order valence-corrected chi connectivity index (χ0v) is 10.9. The van der Waals surface area contributed by atoms with E-state index in [1.807, 2.05) is 6.07 Å². The maximum Gasteiger partial charge on any atom is 0.338 e. The summed E-state index contributed by atoms with van der Waals surface area (Å²) in [5, 5.41) is 53.8. The van der Waals surface area contributed by atoms with Crippen molar-refractivity contribution in [3.05, 3.63) is 41.5 Å². The molecule has 0 radical (unpaired) electrons. The second-order valence-corrected chi connectivity index (χ2v) is 4.12. The van der Waals surface area contributed by atoms with Gasteiger partial charge in [-0.25, -0.2) is 4.79 Å². The highest BCUT2D eigenvalue weighted by molar-refractivity contribution is 5.96. The second-order valence-electron chi connectivity index (χ2n) is 4.12. The molecule has 0 amide bonds. The van der Waals surface area contributed by atoms with Crippen LogP contribution >= 0.6 is 0 Å². The number of azo groups is 1. The van der Waals surface area contributed by atoms with Crippen molar-refractivity contribution in [2.45, 2.75) is 0 Å². The molecule has 0 aliphatic carbocycles. The van der Waals surface area contributed by atoms with Gasteiger partial charge >= 0.3 is 5.97 Å². The molecule has 0 aliphatic heterocycles. The van der Waals surface area contributed by atoms with Crippen LogP contribution < -0.4 is 0 Å². The highest BCUT2D eigenvalue weighted by Gasteiger charge is 2.21. The molecule has 8 heteroatoms. The van der Waals surface area contributed by atoms with Gasteiger partial charge in [0.15, 0.2) is 11.5 Å². The number of carboxylic acids is 1. The summed E-state index contributed by atoms with van der Waals surface area (Å²) in [6.45, 7) is 0. The van der Waals surface area contributed by atoms with Gasteiger partial charge in [-0.15, -0.1) is 10.2 Å². The van der Waals surface area contributed by atoms with Gasteiger partial charge in [-0.2, -0.15) is 5.26 Å². The molecule has 0 fully saturated rings. The zero-order chi connectivity index (χ0) is 16.3. The summed E-state index contributed by atoms with van der Waals surface area (Å²) in [6.07, 6.45) is 0. The molecule has 2 aromatic carbocycles. The lowest BCUT2D eigenvalue weighted by atomic mass is 10.1. The van der Waals surface area contributed by atoms with Gasteiger partial charge in [0.25, 0.3) is 0 Å². The molecule has 4 N–H and O–H groups in total. The van der Waals surface area contributed by atoms with E-state index in [-0.39, 0.29) is 11.3 Å². The molecule has 0 aliphatic rings. The van der Waals surface area contributed by atoms with E-state index >= 15 is 0 Å². The Bertz CT molecular complexity index is 824. The monoisotopic (exact) mass is 299 g/mol. The summed E-state index contributed by atoms with van der Waals surface area (Å²) in [5.74, 6) is -4.11. The van der Waals surface area contributed by atoms with Crippen molar-refractivity contribution in [3.63, 3.8) is 0 Å². The molecule has 22 heavy (non-hydrogen) atoms. The highest BCUT2D eigenvalue weighted by atomic mass is 16.4. The fraction of sp³-hybridized carbons (Fsp3) is 0. The van der Waals surface area contributed by atoms with Crippen molar-refractivity contribution >= 4 is 17.3 Å². The van der Waals surface area contributed by atoms with Crippen molar-refractivity contribution in [2.24, 2.45) is 10.2 Å². The predicted molar refractivity (Wildman–Crippen MR) is 73.7 cm³/mol. The number of hydrogen-bond acceptors (Lipinski definition) is 7. The molecule has 0 saturated carbocycles. The van der Waals surface area contributed by atoms with Crippen LogP contribution in [0.15, 0.2) is 40.6 Å². The van der Waals surface area contributed by atoms with Gasteiger partial charge in [0.1, 0.15) is 17.4 Å². The average Bonchev–Trinajstić information content (AvgIpc) is 2.51. The Morgan fingerprint density at radius 1 is 1.09 bits per heavy atom. The Hall–Kier alpha value is -3.60. The van der Waals surface area contributed by atoms with E-state index in [0.29, 0.717) is 0 Å². The van der Waals surface area contributed by atoms with Crippen LogP contribution in [0.1, 0.15) is 15.9 Å². The maximum atomic E-state index is 11.1. The van der Waals surface area contributed by atoms with Gasteiger partial charge < -0.3 is 20.4 Å². The predicted octanol–water partition coefficient (Wildman–Crippen LogP) is 2.79. The van der Waals surface area contributed by atoms with Gasteiger partial charge in [0, 0.05) is 6.07 Å². The number of phenolic OH excluding ortho intramolecular Hbond substituents is 3. The lowest BCUT2D eigenvalue weighted by Crippen LogP contribution is -1.96. The number of aromatic carboxylic acids is 1. The minimum Gasteiger partial charge on any atom is -0.504 e. The number of nitrogens with zero attached hydrogens (tertiary/aromatic N) is 3. The molecule has 0 bridgehead atoms. The number of aromatic hydroxyl groups is 3. The van der Waals surface area contributed by atoms with E-state index in [9.17, 15) is 20.1 Å². The second kappa shape index (κ2) is 5.80. The van der Waals surface area contributed by atoms with E-state index in [4.69, 9.17) is 10.4 Å². The number of carbonyl (C=O) groups is 1. The molecule has 110 valence electrons. The van der Waals surface area contributed by atoms with Crippen molar-refractivity contribution in [3.8, 4) is 23.3 Å². The Morgan fingerprint density at radius 3 is 2.41 bits per heavy atom. The van der Waals surface area contributed by atoms with Crippen molar-refractivity contribution in [1.82, 2.24) is 0 Å². The van der Waals surface area contributed by atoms with Crippen LogP contribution in [-0.2, 0) is 0 Å². The van der Waals surface area contributed by atoms with E-state index in [1.165, 1.54) is 12.1 Å². The largest absolute Gasteiger partial charge is 0.504 e. The average molecular weight is 299 g/mol. The zero-order valence-electron chi connectivity index (χ0n) is 10.9. The van der Waals surface area contributed by atoms with Crippen LogP contribution in [0.25, 0.3) is 0 Å². The molecule has 2 rings (SSSR count). The molecule has 0 unspecified atom stereocenters. The van der Waals surface area contributed by atoms with Gasteiger partial charge in [-0.1, -0.05) is 12.1 Å². The first-order valence-electron chi connectivity index (χ1n) is 5.87. The minimum atomic E-state index is -1.48. The first-order valence-corrected chi connectivity index (χ1v) is 5.87. The van der Waals surface area contributed by atoms with Gasteiger partial charge in [0.05, 0.1) is 11.1 Å². The van der Waals surface area contributed by atoms with Crippen LogP contribution in [0.3, 0.4) is 0 Å². The van der Waals surface area contributed by atoms with E-state index in [2.05, 4.69) is 10.2 Å². The van der Waals surface area contributed by atoms with Crippen LogP contribution in [0.5, 0.6) is 17.2 Å². The van der Waals surface area contributed by atoms with Crippen LogP contribution in [0, 0.1) is 11.3 Å². The maximum absolute atomic E-state index is 11.1. The fourth-order valence-corrected chi connectivity index (χ4v) is 1.66. The molecule has 0 heterocycles. The molecule has 0 saturated heterocycles. The topological polar surface area (TPSA) is 146 Å². The minimum absolute atomic E-state index is 0.160. The molecule has 0 aromatic heterocycles. The lowest BCUT2D eigenvalue weighted by Gasteiger charge is -2.06. The van der Waals surface area contributed by atoms with Gasteiger partial charge in [0.2, 0.25) is 5.75 Å². The molecular formula is C14H9N3O5. The lowest BCUT2D eigenvalue weighted by molar-refractivity contribution is 0.0697. The fourth-order valence-electron chi connectivity index (χ4n) is 1.66. The Kier molecular flexibility index (Phi) is 3.90. The summed E-state index contributed by atoms with van der Waals surface area (Å²) in [4.78, 5) is 11.1. The summed E-state index contributed by atoms with van der Waals surface area (Å²) < 4.78 is 0. The van der Waals surface area contributed by atoms with Crippen molar-refractivity contribution < 1.29 is 25.2 Å². The summed E-state index contributed by atoms with van der Waals surface area (Å²) >= 11 is 0. The first-order chi connectivity index (χ1) is 10.5. The number of nitriles is 1. The third-order valence-corrected chi connectivity index (χ3v) is 2.74. The Morgan fingerprint density at radius 2 is 1.77 bits per heavy atom. The summed E-state index contributed by atoms with van der Waals surface area (Å²) in [5.41, 5.74) is -0.722. The highest BCUT2D eigenvalue weighted by Crippen LogP contribution is 2.45. The smallest absolute Gasteiger partial charge is 0.338 e. The van der Waals surface area contributed by atoms with Gasteiger partial charge in [-0.3, -0.25) is 0 Å². The Balaban J connectivity index is 2.58. The SMILES string of the molecule is N#Cc1ccccc1/N=N/c1c(C(=O)O)cc(O)c(O)c1O.